The number of nitrogens with zero attached hydrogens (tertiary/aromatic N) is 3. The van der Waals surface area contributed by atoms with Gasteiger partial charge in [0.2, 0.25) is 0 Å². The van der Waals surface area contributed by atoms with Gasteiger partial charge in [-0.2, -0.15) is 0 Å². The standard InChI is InChI=1S/C24H24N4O/c1-4-21(17-28-13-11-25-12-14-28)27-24-8-7-23(15-19(1)24)29-22-5-2-18(3-6-22)20-9-10-26-16-20/h1-10,15,25H,11-14,16-17H2. The maximum Gasteiger partial charge on any atom is 0.128 e. The van der Waals surface area contributed by atoms with Crippen molar-refractivity contribution in [3.05, 3.63) is 71.9 Å². The second kappa shape index (κ2) is 8.15. The third-order valence-corrected chi connectivity index (χ3v) is 5.42. The molecule has 0 amide bonds. The monoisotopic (exact) mass is 384 g/mol. The third kappa shape index (κ3) is 4.21. The fourth-order valence-corrected chi connectivity index (χ4v) is 3.80. The number of fused-ring (bicyclic) bond motifs is 1. The van der Waals surface area contributed by atoms with Crippen LogP contribution in [0, 0.1) is 0 Å². The molecule has 1 N–H and O–H groups in total. The minimum Gasteiger partial charge on any atom is -0.457 e. The van der Waals surface area contributed by atoms with E-state index in [1.807, 2.05) is 30.5 Å². The molecule has 1 saturated heterocycles. The lowest BCUT2D eigenvalue weighted by atomic mass is 10.1. The summed E-state index contributed by atoms with van der Waals surface area (Å²) in [5.41, 5.74) is 4.56. The minimum atomic E-state index is 0.758. The fourth-order valence-electron chi connectivity index (χ4n) is 3.80. The largest absolute Gasteiger partial charge is 0.457 e. The fraction of sp³-hybridized carbons (Fsp3) is 0.250. The topological polar surface area (TPSA) is 49.8 Å². The molecule has 2 aliphatic rings. The lowest BCUT2D eigenvalue weighted by Crippen LogP contribution is -2.43. The minimum absolute atomic E-state index is 0.758. The van der Waals surface area contributed by atoms with Crippen molar-refractivity contribution in [3.63, 3.8) is 0 Å². The Labute approximate surface area is 170 Å². The van der Waals surface area contributed by atoms with Gasteiger partial charge in [0, 0.05) is 44.3 Å². The lowest BCUT2D eigenvalue weighted by molar-refractivity contribution is 0.231. The van der Waals surface area contributed by atoms with E-state index in [2.05, 4.69) is 51.6 Å². The van der Waals surface area contributed by atoms with Crippen LogP contribution in [0.3, 0.4) is 0 Å². The maximum absolute atomic E-state index is 6.06. The summed E-state index contributed by atoms with van der Waals surface area (Å²) < 4.78 is 6.06. The molecule has 29 heavy (non-hydrogen) atoms. The van der Waals surface area contributed by atoms with Crippen LogP contribution < -0.4 is 10.1 Å². The molecule has 0 spiro atoms. The van der Waals surface area contributed by atoms with Gasteiger partial charge in [-0.1, -0.05) is 18.2 Å². The molecule has 5 rings (SSSR count). The Morgan fingerprint density at radius 3 is 2.55 bits per heavy atom. The number of pyridine rings is 1. The summed E-state index contributed by atoms with van der Waals surface area (Å²) in [5.74, 6) is 1.65. The Balaban J connectivity index is 1.28. The Kier molecular flexibility index (Phi) is 5.07. The SMILES string of the molecule is C1=NCC(c2ccc(Oc3ccc4nc(CN5CCNCC5)ccc4c3)cc2)=C1. The third-order valence-electron chi connectivity index (χ3n) is 5.42. The molecule has 146 valence electrons. The van der Waals surface area contributed by atoms with Crippen LogP contribution in [-0.4, -0.2) is 48.8 Å². The van der Waals surface area contributed by atoms with Gasteiger partial charge in [0.05, 0.1) is 17.8 Å². The van der Waals surface area contributed by atoms with E-state index in [9.17, 15) is 0 Å². The molecule has 3 aromatic rings. The zero-order valence-corrected chi connectivity index (χ0v) is 16.3. The van der Waals surface area contributed by atoms with Crippen molar-refractivity contribution >= 4 is 22.7 Å². The van der Waals surface area contributed by atoms with Gasteiger partial charge in [0.15, 0.2) is 0 Å². The van der Waals surface area contributed by atoms with Gasteiger partial charge >= 0.3 is 0 Å². The summed E-state index contributed by atoms with van der Waals surface area (Å²) in [7, 11) is 0. The van der Waals surface area contributed by atoms with Gasteiger partial charge in [0.25, 0.3) is 0 Å². The van der Waals surface area contributed by atoms with Gasteiger partial charge in [-0.15, -0.1) is 0 Å². The zero-order valence-electron chi connectivity index (χ0n) is 16.3. The second-order valence-corrected chi connectivity index (χ2v) is 7.49. The van der Waals surface area contributed by atoms with Crippen LogP contribution in [0.5, 0.6) is 11.5 Å². The molecular formula is C24H24N4O. The average molecular weight is 384 g/mol. The van der Waals surface area contributed by atoms with Gasteiger partial charge in [-0.3, -0.25) is 14.9 Å². The van der Waals surface area contributed by atoms with Crippen LogP contribution in [0.2, 0.25) is 0 Å². The molecule has 0 radical (unpaired) electrons. The summed E-state index contributed by atoms with van der Waals surface area (Å²) in [6, 6.07) is 18.5. The summed E-state index contributed by atoms with van der Waals surface area (Å²) in [6.07, 6.45) is 3.92. The van der Waals surface area contributed by atoms with E-state index in [0.29, 0.717) is 0 Å². The molecule has 0 aliphatic carbocycles. The highest BCUT2D eigenvalue weighted by atomic mass is 16.5. The summed E-state index contributed by atoms with van der Waals surface area (Å²) >= 11 is 0. The first-order valence-electron chi connectivity index (χ1n) is 10.1. The first-order chi connectivity index (χ1) is 14.3. The average Bonchev–Trinajstić information content (AvgIpc) is 3.30. The van der Waals surface area contributed by atoms with Gasteiger partial charge < -0.3 is 10.1 Å². The number of hydrogen-bond acceptors (Lipinski definition) is 5. The number of allylic oxidation sites excluding steroid dienone is 1. The Morgan fingerprint density at radius 1 is 0.931 bits per heavy atom. The van der Waals surface area contributed by atoms with E-state index in [4.69, 9.17) is 9.72 Å². The highest BCUT2D eigenvalue weighted by molar-refractivity contribution is 5.89. The number of aromatic nitrogens is 1. The van der Waals surface area contributed by atoms with Crippen molar-refractivity contribution in [2.75, 3.05) is 32.7 Å². The van der Waals surface area contributed by atoms with E-state index >= 15 is 0 Å². The highest BCUT2D eigenvalue weighted by Gasteiger charge is 2.11. The van der Waals surface area contributed by atoms with Gasteiger partial charge in [-0.05, 0) is 53.6 Å². The summed E-state index contributed by atoms with van der Waals surface area (Å²) in [4.78, 5) is 11.5. The van der Waals surface area contributed by atoms with Crippen LogP contribution >= 0.6 is 0 Å². The second-order valence-electron chi connectivity index (χ2n) is 7.49. The predicted molar refractivity (Wildman–Crippen MR) is 118 cm³/mol. The smallest absolute Gasteiger partial charge is 0.128 e. The highest BCUT2D eigenvalue weighted by Crippen LogP contribution is 2.27. The van der Waals surface area contributed by atoms with Crippen molar-refractivity contribution in [2.45, 2.75) is 6.54 Å². The molecule has 2 aromatic carbocycles. The molecule has 1 fully saturated rings. The molecule has 1 aromatic heterocycles. The van der Waals surface area contributed by atoms with Crippen molar-refractivity contribution < 1.29 is 4.74 Å². The van der Waals surface area contributed by atoms with Crippen LogP contribution in [0.1, 0.15) is 11.3 Å². The Bertz CT molecular complexity index is 1070. The molecule has 0 saturated carbocycles. The summed E-state index contributed by atoms with van der Waals surface area (Å²) in [5, 5.41) is 4.48. The summed E-state index contributed by atoms with van der Waals surface area (Å²) in [6.45, 7) is 5.94. The Morgan fingerprint density at radius 2 is 1.76 bits per heavy atom. The molecule has 5 heteroatoms. The molecule has 5 nitrogen and oxygen atoms in total. The van der Waals surface area contributed by atoms with E-state index in [1.54, 1.807) is 0 Å². The molecule has 0 atom stereocenters. The number of nitrogens with one attached hydrogen (secondary N) is 1. The van der Waals surface area contributed by atoms with Crippen molar-refractivity contribution in [1.29, 1.82) is 0 Å². The van der Waals surface area contributed by atoms with Crippen LogP contribution in [-0.2, 0) is 6.54 Å². The predicted octanol–water partition coefficient (Wildman–Crippen LogP) is 3.90. The molecule has 0 bridgehead atoms. The van der Waals surface area contributed by atoms with E-state index in [1.165, 1.54) is 11.1 Å². The van der Waals surface area contributed by atoms with Crippen molar-refractivity contribution in [2.24, 2.45) is 4.99 Å². The normalized spacial score (nSPS) is 16.9. The zero-order chi connectivity index (χ0) is 19.5. The van der Waals surface area contributed by atoms with Gasteiger partial charge in [-0.25, -0.2) is 0 Å². The first-order valence-corrected chi connectivity index (χ1v) is 10.1. The molecule has 3 heterocycles. The molecule has 0 unspecified atom stereocenters. The number of aliphatic imine (C=N–C) groups is 1. The van der Waals surface area contributed by atoms with E-state index in [0.717, 1.165) is 67.4 Å². The number of ether oxygens (including phenoxy) is 1. The van der Waals surface area contributed by atoms with Crippen LogP contribution in [0.4, 0.5) is 0 Å². The number of benzene rings is 2. The van der Waals surface area contributed by atoms with Crippen LogP contribution in [0.25, 0.3) is 16.5 Å². The lowest BCUT2D eigenvalue weighted by Gasteiger charge is -2.26. The number of rotatable bonds is 5. The Hall–Kier alpha value is -3.02. The van der Waals surface area contributed by atoms with E-state index < -0.39 is 0 Å². The van der Waals surface area contributed by atoms with E-state index in [-0.39, 0.29) is 0 Å². The van der Waals surface area contributed by atoms with Crippen molar-refractivity contribution in [1.82, 2.24) is 15.2 Å². The maximum atomic E-state index is 6.06. The van der Waals surface area contributed by atoms with Crippen LogP contribution in [0.15, 0.2) is 65.7 Å². The first kappa shape index (κ1) is 18.0. The van der Waals surface area contributed by atoms with Crippen molar-refractivity contribution in [3.8, 4) is 11.5 Å². The van der Waals surface area contributed by atoms with Gasteiger partial charge in [0.1, 0.15) is 11.5 Å². The quantitative estimate of drug-likeness (QED) is 0.725. The molecular weight excluding hydrogens is 360 g/mol. The number of hydrogen-bond donors (Lipinski definition) is 1. The molecule has 2 aliphatic heterocycles. The number of piperazine rings is 1.